The van der Waals surface area contributed by atoms with Crippen molar-refractivity contribution >= 4 is 43.6 Å². The second-order valence-electron chi connectivity index (χ2n) is 11.1. The van der Waals surface area contributed by atoms with Gasteiger partial charge in [-0.3, -0.25) is 14.4 Å². The summed E-state index contributed by atoms with van der Waals surface area (Å²) in [5.74, 6) is -1.43. The lowest BCUT2D eigenvalue weighted by molar-refractivity contribution is -0.145. The van der Waals surface area contributed by atoms with Gasteiger partial charge in [-0.15, -0.1) is 0 Å². The number of carbonyl (C=O) groups is 4. The van der Waals surface area contributed by atoms with E-state index in [2.05, 4.69) is 61.9 Å². The van der Waals surface area contributed by atoms with Crippen LogP contribution >= 0.6 is 19.9 Å². The van der Waals surface area contributed by atoms with Crippen LogP contribution in [0.2, 0.25) is 0 Å². The summed E-state index contributed by atoms with van der Waals surface area (Å²) in [4.78, 5) is 60.0. The predicted octanol–water partition coefficient (Wildman–Crippen LogP) is 4.85. The van der Waals surface area contributed by atoms with E-state index < -0.39 is 38.0 Å². The second-order valence-corrected chi connectivity index (χ2v) is 13.9. The van der Waals surface area contributed by atoms with E-state index in [1.165, 1.54) is 23.8 Å². The number of methoxy groups -OCH3 is 1. The molecule has 0 aliphatic carbocycles. The predicted molar refractivity (Wildman–Crippen MR) is 176 cm³/mol. The molecule has 9 nitrogen and oxygen atoms in total. The van der Waals surface area contributed by atoms with Gasteiger partial charge in [-0.2, -0.15) is 11.8 Å². The van der Waals surface area contributed by atoms with Gasteiger partial charge in [0.05, 0.1) is 13.7 Å². The van der Waals surface area contributed by atoms with Crippen molar-refractivity contribution in [2.75, 3.05) is 38.0 Å². The Bertz CT molecular complexity index is 947. The number of carbonyl (C=O) groups excluding carboxylic acids is 4. The topological polar surface area (TPSA) is 134 Å². The van der Waals surface area contributed by atoms with Crippen LogP contribution in [-0.4, -0.2) is 78.7 Å². The number of amides is 3. The molecule has 0 rings (SSSR count). The third kappa shape index (κ3) is 19.9. The van der Waals surface area contributed by atoms with Gasteiger partial charge in [0.2, 0.25) is 17.7 Å². The molecule has 0 radical (unpaired) electrons. The summed E-state index contributed by atoms with van der Waals surface area (Å²) in [7, 11) is -0.0749. The number of rotatable bonds is 21. The summed E-state index contributed by atoms with van der Waals surface area (Å²) >= 11 is 1.54. The largest absolute Gasteiger partial charge is 0.467 e. The van der Waals surface area contributed by atoms with Crippen LogP contribution in [0.15, 0.2) is 34.9 Å². The van der Waals surface area contributed by atoms with Crippen molar-refractivity contribution in [3.63, 3.8) is 0 Å². The second kappa shape index (κ2) is 23.3. The molecule has 0 aliphatic rings. The Kier molecular flexibility index (Phi) is 22.1. The maximum absolute atomic E-state index is 12.7. The maximum atomic E-state index is 12.7. The Morgan fingerprint density at radius 3 is 2.10 bits per heavy atom. The molecule has 0 fully saturated rings. The number of thioether (sulfide) groups is 1. The molecule has 11 heteroatoms. The molecule has 0 saturated carbocycles. The van der Waals surface area contributed by atoms with Crippen LogP contribution in [0.5, 0.6) is 0 Å². The van der Waals surface area contributed by atoms with Gasteiger partial charge in [0.15, 0.2) is 0 Å². The fourth-order valence-electron chi connectivity index (χ4n) is 3.85. The average Bonchev–Trinajstić information content (AvgIpc) is 2.93. The molecule has 0 heterocycles. The van der Waals surface area contributed by atoms with Gasteiger partial charge in [0.25, 0.3) is 0 Å². The highest BCUT2D eigenvalue weighted by Gasteiger charge is 2.26. The van der Waals surface area contributed by atoms with Crippen LogP contribution in [0.4, 0.5) is 0 Å². The zero-order chi connectivity index (χ0) is 32.1. The molecule has 3 unspecified atom stereocenters. The highest BCUT2D eigenvalue weighted by atomic mass is 32.2. The number of allylic oxidation sites excluding steroid dienone is 6. The summed E-state index contributed by atoms with van der Waals surface area (Å²) in [6.07, 6.45) is 13.9. The fourth-order valence-corrected chi connectivity index (χ4v) is 5.49. The van der Waals surface area contributed by atoms with Gasteiger partial charge in [-0.25, -0.2) is 4.79 Å². The number of hydrogen-bond donors (Lipinski definition) is 4. The number of esters is 1. The van der Waals surface area contributed by atoms with Crippen molar-refractivity contribution in [1.29, 1.82) is 0 Å². The Hall–Kier alpha value is -2.16. The number of ether oxygens (including phenoxy) is 1. The molecule has 0 aliphatic heterocycles. The van der Waals surface area contributed by atoms with E-state index in [0.29, 0.717) is 24.5 Å². The van der Waals surface area contributed by atoms with Crippen LogP contribution in [0.3, 0.4) is 0 Å². The van der Waals surface area contributed by atoms with Gasteiger partial charge in [-0.1, -0.05) is 48.8 Å². The van der Waals surface area contributed by atoms with E-state index >= 15 is 0 Å². The van der Waals surface area contributed by atoms with E-state index in [4.69, 9.17) is 4.74 Å². The Morgan fingerprint density at radius 1 is 0.905 bits per heavy atom. The van der Waals surface area contributed by atoms with Crippen LogP contribution in [0, 0.1) is 5.92 Å². The highest BCUT2D eigenvalue weighted by Crippen LogP contribution is 2.31. The molecule has 0 saturated heterocycles. The van der Waals surface area contributed by atoms with Gasteiger partial charge in [0.1, 0.15) is 12.1 Å². The van der Waals surface area contributed by atoms with Crippen LogP contribution < -0.4 is 16.0 Å². The molecular formula is C31H54N3O6PS. The summed E-state index contributed by atoms with van der Waals surface area (Å²) in [5.41, 5.74) is 3.95. The molecule has 0 bridgehead atoms. The first-order valence-corrected chi connectivity index (χ1v) is 17.7. The molecule has 42 heavy (non-hydrogen) atoms. The minimum atomic E-state index is -1.33. The summed E-state index contributed by atoms with van der Waals surface area (Å²) in [6, 6.07) is -1.62. The molecule has 0 aromatic rings. The van der Waals surface area contributed by atoms with Crippen LogP contribution in [0.1, 0.15) is 80.1 Å². The first-order chi connectivity index (χ1) is 19.8. The lowest BCUT2D eigenvalue weighted by Gasteiger charge is -2.22. The Morgan fingerprint density at radius 2 is 1.52 bits per heavy atom. The van der Waals surface area contributed by atoms with Crippen molar-refractivity contribution in [3.8, 4) is 0 Å². The number of hydrogen-bond acceptors (Lipinski definition) is 7. The Balaban J connectivity index is 4.61. The molecule has 240 valence electrons. The SMILES string of the molecule is COC(=O)C(CCSC)NC(=O)CNC(=O)C(NC(=O)CCP(O)C/C=C(\C)CC/C=C(\C)CCC=C(C)C)C(C)C. The third-order valence-electron chi connectivity index (χ3n) is 6.49. The maximum Gasteiger partial charge on any atom is 0.328 e. The quantitative estimate of drug-likeness (QED) is 0.0812. The average molecular weight is 628 g/mol. The molecule has 4 N–H and O–H groups in total. The van der Waals surface area contributed by atoms with Crippen molar-refractivity contribution < 1.29 is 28.8 Å². The molecular weight excluding hydrogens is 573 g/mol. The normalized spacial score (nSPS) is 14.0. The first kappa shape index (κ1) is 39.8. The third-order valence-corrected chi connectivity index (χ3v) is 8.48. The van der Waals surface area contributed by atoms with E-state index in [1.54, 1.807) is 25.6 Å². The molecule has 0 spiro atoms. The molecule has 0 aromatic carbocycles. The van der Waals surface area contributed by atoms with E-state index in [9.17, 15) is 24.1 Å². The summed E-state index contributed by atoms with van der Waals surface area (Å²) in [5, 5.41) is 7.85. The van der Waals surface area contributed by atoms with E-state index in [-0.39, 0.29) is 24.8 Å². The van der Waals surface area contributed by atoms with Crippen molar-refractivity contribution in [2.24, 2.45) is 5.92 Å². The minimum absolute atomic E-state index is 0.107. The Labute approximate surface area is 259 Å². The summed E-state index contributed by atoms with van der Waals surface area (Å²) in [6.45, 7) is 11.7. The smallest absolute Gasteiger partial charge is 0.328 e. The lowest BCUT2D eigenvalue weighted by Crippen LogP contribution is -2.52. The molecule has 3 atom stereocenters. The zero-order valence-electron chi connectivity index (χ0n) is 26.9. The monoisotopic (exact) mass is 627 g/mol. The van der Waals surface area contributed by atoms with Gasteiger partial charge < -0.3 is 25.6 Å². The lowest BCUT2D eigenvalue weighted by atomic mass is 10.0. The number of nitrogens with one attached hydrogen (secondary N) is 3. The van der Waals surface area contributed by atoms with Crippen molar-refractivity contribution in [3.05, 3.63) is 34.9 Å². The first-order valence-electron chi connectivity index (χ1n) is 14.6. The zero-order valence-corrected chi connectivity index (χ0v) is 28.6. The minimum Gasteiger partial charge on any atom is -0.467 e. The summed E-state index contributed by atoms with van der Waals surface area (Å²) < 4.78 is 4.73. The van der Waals surface area contributed by atoms with Gasteiger partial charge in [-0.05, 0) is 77.7 Å². The van der Waals surface area contributed by atoms with E-state index in [1.807, 2.05) is 6.26 Å². The van der Waals surface area contributed by atoms with E-state index in [0.717, 1.165) is 25.7 Å². The van der Waals surface area contributed by atoms with Gasteiger partial charge in [0, 0.05) is 26.9 Å². The van der Waals surface area contributed by atoms with Crippen molar-refractivity contribution in [1.82, 2.24) is 16.0 Å². The fraction of sp³-hybridized carbons (Fsp3) is 0.677. The molecule has 0 aromatic heterocycles. The highest BCUT2D eigenvalue weighted by molar-refractivity contribution is 7.98. The molecule has 3 amide bonds. The van der Waals surface area contributed by atoms with Gasteiger partial charge >= 0.3 is 5.97 Å². The van der Waals surface area contributed by atoms with Crippen LogP contribution in [0.25, 0.3) is 0 Å². The standard InChI is InChI=1S/C31H54N3O6PS/c1-22(2)11-9-12-24(5)13-10-14-25(6)15-18-41(39)19-16-27(35)34-29(23(3)4)30(37)32-21-28(36)33-26(17-20-42-8)31(38)40-7/h11,13,15,23,26,29,39H,9-10,12,14,16-21H2,1-8H3,(H,32,37)(H,33,36)(H,34,35)/b24-13+,25-15+. The van der Waals surface area contributed by atoms with Crippen molar-refractivity contribution in [2.45, 2.75) is 92.2 Å². The van der Waals surface area contributed by atoms with Crippen LogP contribution in [-0.2, 0) is 23.9 Å².